The summed E-state index contributed by atoms with van der Waals surface area (Å²) in [5, 5.41) is 6.38. The molecule has 3 aliphatic rings. The number of nitrogens with one attached hydrogen (secondary N) is 2. The molecule has 3 fully saturated rings. The van der Waals surface area contributed by atoms with Crippen molar-refractivity contribution in [2.24, 2.45) is 5.92 Å². The number of piperidine rings is 1. The first-order valence-electron chi connectivity index (χ1n) is 9.67. The second-order valence-electron chi connectivity index (χ2n) is 7.99. The maximum Gasteiger partial charge on any atom is 0.246 e. The molecule has 0 radical (unpaired) electrons. The zero-order valence-electron chi connectivity index (χ0n) is 15.0. The molecule has 0 bridgehead atoms. The predicted octanol–water partition coefficient (Wildman–Crippen LogP) is 2.68. The molecule has 2 amide bonds. The van der Waals surface area contributed by atoms with Crippen molar-refractivity contribution in [2.45, 2.75) is 56.5 Å². The predicted molar refractivity (Wildman–Crippen MR) is 97.1 cm³/mol. The van der Waals surface area contributed by atoms with Crippen molar-refractivity contribution >= 4 is 17.5 Å². The molecule has 5 nitrogen and oxygen atoms in total. The Morgan fingerprint density at radius 3 is 2.50 bits per heavy atom. The molecule has 26 heavy (non-hydrogen) atoms. The van der Waals surface area contributed by atoms with Gasteiger partial charge < -0.3 is 15.5 Å². The van der Waals surface area contributed by atoms with Crippen LogP contribution in [-0.4, -0.2) is 41.4 Å². The van der Waals surface area contributed by atoms with Gasteiger partial charge in [0.1, 0.15) is 11.4 Å². The molecule has 1 heterocycles. The van der Waals surface area contributed by atoms with E-state index in [9.17, 15) is 14.0 Å². The normalized spacial score (nSPS) is 22.0. The van der Waals surface area contributed by atoms with Gasteiger partial charge in [0.25, 0.3) is 0 Å². The van der Waals surface area contributed by atoms with Gasteiger partial charge in [0.05, 0.1) is 0 Å². The van der Waals surface area contributed by atoms with Crippen LogP contribution in [-0.2, 0) is 9.59 Å². The summed E-state index contributed by atoms with van der Waals surface area (Å²) in [6.07, 6.45) is 6.08. The van der Waals surface area contributed by atoms with Gasteiger partial charge in [-0.05, 0) is 62.6 Å². The number of benzene rings is 1. The van der Waals surface area contributed by atoms with Crippen molar-refractivity contribution in [3.8, 4) is 0 Å². The average molecular weight is 359 g/mol. The number of nitrogens with zero attached hydrogens (tertiary/aromatic N) is 1. The summed E-state index contributed by atoms with van der Waals surface area (Å²) in [4.78, 5) is 27.2. The molecule has 0 aromatic heterocycles. The standard InChI is InChI=1S/C20H26FN3O2/c21-15-2-1-3-17(13-15)23-20(19(26)22-16-6-7-16)8-10-24(11-9-20)18(25)12-14-4-5-14/h1-3,13-14,16,23H,4-12H2,(H,22,26). The third-order valence-electron chi connectivity index (χ3n) is 5.69. The Morgan fingerprint density at radius 2 is 1.88 bits per heavy atom. The lowest BCUT2D eigenvalue weighted by Gasteiger charge is -2.42. The number of rotatable bonds is 6. The van der Waals surface area contributed by atoms with Gasteiger partial charge in [-0.2, -0.15) is 0 Å². The van der Waals surface area contributed by atoms with E-state index in [1.54, 1.807) is 12.1 Å². The summed E-state index contributed by atoms with van der Waals surface area (Å²) in [7, 11) is 0. The van der Waals surface area contributed by atoms with E-state index in [0.29, 0.717) is 44.0 Å². The molecule has 1 aliphatic heterocycles. The quantitative estimate of drug-likeness (QED) is 0.821. The largest absolute Gasteiger partial charge is 0.371 e. The minimum Gasteiger partial charge on any atom is -0.371 e. The van der Waals surface area contributed by atoms with Crippen LogP contribution in [0.15, 0.2) is 24.3 Å². The Kier molecular flexibility index (Phi) is 4.59. The molecule has 0 unspecified atom stereocenters. The Hall–Kier alpha value is -2.11. The summed E-state index contributed by atoms with van der Waals surface area (Å²) < 4.78 is 13.6. The zero-order valence-corrected chi connectivity index (χ0v) is 15.0. The Bertz CT molecular complexity index is 692. The van der Waals surface area contributed by atoms with Crippen molar-refractivity contribution in [3.05, 3.63) is 30.1 Å². The molecule has 2 N–H and O–H groups in total. The van der Waals surface area contributed by atoms with Gasteiger partial charge in [-0.25, -0.2) is 4.39 Å². The monoisotopic (exact) mass is 359 g/mol. The molecule has 2 saturated carbocycles. The van der Waals surface area contributed by atoms with Gasteiger partial charge in [0.15, 0.2) is 0 Å². The fourth-order valence-corrected chi connectivity index (χ4v) is 3.64. The number of halogens is 1. The Labute approximate surface area is 153 Å². The van der Waals surface area contributed by atoms with Crippen LogP contribution >= 0.6 is 0 Å². The molecule has 2 aliphatic carbocycles. The number of hydrogen-bond acceptors (Lipinski definition) is 3. The summed E-state index contributed by atoms with van der Waals surface area (Å²) >= 11 is 0. The Balaban J connectivity index is 1.46. The molecule has 6 heteroatoms. The van der Waals surface area contributed by atoms with E-state index in [0.717, 1.165) is 25.7 Å². The maximum atomic E-state index is 13.6. The van der Waals surface area contributed by atoms with Crippen LogP contribution in [0.25, 0.3) is 0 Å². The fourth-order valence-electron chi connectivity index (χ4n) is 3.64. The topological polar surface area (TPSA) is 61.4 Å². The van der Waals surface area contributed by atoms with Gasteiger partial charge in [-0.3, -0.25) is 9.59 Å². The number of amides is 2. The summed E-state index contributed by atoms with van der Waals surface area (Å²) in [5.74, 6) is 0.413. The minimum absolute atomic E-state index is 0.0291. The second kappa shape index (κ2) is 6.89. The lowest BCUT2D eigenvalue weighted by atomic mass is 9.85. The van der Waals surface area contributed by atoms with E-state index in [2.05, 4.69) is 10.6 Å². The van der Waals surface area contributed by atoms with Crippen LogP contribution in [0, 0.1) is 11.7 Å². The third kappa shape index (κ3) is 4.00. The van der Waals surface area contributed by atoms with Crippen LogP contribution in [0.5, 0.6) is 0 Å². The van der Waals surface area contributed by atoms with Gasteiger partial charge >= 0.3 is 0 Å². The lowest BCUT2D eigenvalue weighted by Crippen LogP contribution is -2.59. The van der Waals surface area contributed by atoms with Gasteiger partial charge in [-0.15, -0.1) is 0 Å². The van der Waals surface area contributed by atoms with Crippen molar-refractivity contribution in [2.75, 3.05) is 18.4 Å². The second-order valence-corrected chi connectivity index (χ2v) is 7.99. The molecular formula is C20H26FN3O2. The SMILES string of the molecule is O=C(CC1CC1)N1CCC(Nc2cccc(F)c2)(C(=O)NC2CC2)CC1. The molecule has 1 aromatic carbocycles. The Morgan fingerprint density at radius 1 is 1.15 bits per heavy atom. The highest BCUT2D eigenvalue weighted by Gasteiger charge is 2.44. The highest BCUT2D eigenvalue weighted by molar-refractivity contribution is 5.90. The molecule has 0 spiro atoms. The molecule has 140 valence electrons. The summed E-state index contributed by atoms with van der Waals surface area (Å²) in [5.41, 5.74) is -0.180. The number of likely N-dealkylation sites (tertiary alicyclic amines) is 1. The smallest absolute Gasteiger partial charge is 0.246 e. The molecular weight excluding hydrogens is 333 g/mol. The van der Waals surface area contributed by atoms with Gasteiger partial charge in [0.2, 0.25) is 11.8 Å². The number of carbonyl (C=O) groups is 2. The van der Waals surface area contributed by atoms with Crippen LogP contribution < -0.4 is 10.6 Å². The highest BCUT2D eigenvalue weighted by Crippen LogP contribution is 2.34. The van der Waals surface area contributed by atoms with Crippen molar-refractivity contribution in [3.63, 3.8) is 0 Å². The number of anilines is 1. The van der Waals surface area contributed by atoms with Gasteiger partial charge in [-0.1, -0.05) is 6.07 Å². The van der Waals surface area contributed by atoms with Crippen molar-refractivity contribution in [1.29, 1.82) is 0 Å². The first kappa shape index (κ1) is 17.3. The van der Waals surface area contributed by atoms with Crippen molar-refractivity contribution in [1.82, 2.24) is 10.2 Å². The number of carbonyl (C=O) groups excluding carboxylic acids is 2. The maximum absolute atomic E-state index is 13.6. The van der Waals surface area contributed by atoms with Crippen LogP contribution in [0.1, 0.15) is 44.9 Å². The first-order chi connectivity index (χ1) is 12.5. The third-order valence-corrected chi connectivity index (χ3v) is 5.69. The van der Waals surface area contributed by atoms with E-state index in [1.165, 1.54) is 12.1 Å². The summed E-state index contributed by atoms with van der Waals surface area (Å²) in [6, 6.07) is 6.49. The molecule has 0 atom stereocenters. The van der Waals surface area contributed by atoms with Crippen LogP contribution in [0.2, 0.25) is 0 Å². The fraction of sp³-hybridized carbons (Fsp3) is 0.600. The zero-order chi connectivity index (χ0) is 18.1. The highest BCUT2D eigenvalue weighted by atomic mass is 19.1. The van der Waals surface area contributed by atoms with Gasteiger partial charge in [0, 0.05) is 31.2 Å². The van der Waals surface area contributed by atoms with E-state index in [4.69, 9.17) is 0 Å². The average Bonchev–Trinajstić information content (AvgIpc) is 3.52. The van der Waals surface area contributed by atoms with E-state index < -0.39 is 5.54 Å². The van der Waals surface area contributed by atoms with E-state index >= 15 is 0 Å². The lowest BCUT2D eigenvalue weighted by molar-refractivity contribution is -0.136. The van der Waals surface area contributed by atoms with Crippen LogP contribution in [0.3, 0.4) is 0 Å². The minimum atomic E-state index is -0.785. The first-order valence-corrected chi connectivity index (χ1v) is 9.67. The van der Waals surface area contributed by atoms with E-state index in [1.807, 2.05) is 4.90 Å². The van der Waals surface area contributed by atoms with Crippen LogP contribution in [0.4, 0.5) is 10.1 Å². The van der Waals surface area contributed by atoms with E-state index in [-0.39, 0.29) is 23.7 Å². The number of hydrogen-bond donors (Lipinski definition) is 2. The summed E-state index contributed by atoms with van der Waals surface area (Å²) in [6.45, 7) is 1.12. The molecule has 4 rings (SSSR count). The molecule has 1 aromatic rings. The van der Waals surface area contributed by atoms with Crippen molar-refractivity contribution < 1.29 is 14.0 Å². The molecule has 1 saturated heterocycles.